The van der Waals surface area contributed by atoms with Crippen molar-refractivity contribution in [2.75, 3.05) is 7.11 Å². The first-order valence-corrected chi connectivity index (χ1v) is 4.96. The number of rotatable bonds is 2. The fourth-order valence-electron chi connectivity index (χ4n) is 1.48. The van der Waals surface area contributed by atoms with Gasteiger partial charge in [-0.1, -0.05) is 36.4 Å². The first-order chi connectivity index (χ1) is 5.92. The Morgan fingerprint density at radius 2 is 2.15 bits per heavy atom. The van der Waals surface area contributed by atoms with Crippen LogP contribution in [0.1, 0.15) is 18.1 Å². The van der Waals surface area contributed by atoms with Gasteiger partial charge in [0.05, 0.1) is 0 Å². The average molecular weight is 182 g/mol. The van der Waals surface area contributed by atoms with E-state index in [0.717, 1.165) is 0 Å². The Labute approximate surface area is 94.8 Å². The van der Waals surface area contributed by atoms with E-state index in [1.165, 1.54) is 11.1 Å². The van der Waals surface area contributed by atoms with E-state index in [4.69, 9.17) is 4.43 Å². The minimum absolute atomic E-state index is 0. The summed E-state index contributed by atoms with van der Waals surface area (Å²) in [7, 11) is 2.31. The topological polar surface area (TPSA) is 9.23 Å². The van der Waals surface area contributed by atoms with Crippen molar-refractivity contribution in [1.82, 2.24) is 0 Å². The molecule has 1 aliphatic rings. The zero-order chi connectivity index (χ0) is 8.39. The molecule has 1 nitrogen and oxygen atoms in total. The number of fused-ring (bicyclic) bond motifs is 1. The van der Waals surface area contributed by atoms with Crippen LogP contribution in [0.25, 0.3) is 6.08 Å². The fourth-order valence-corrected chi connectivity index (χ4v) is 2.30. The molecule has 0 saturated carbocycles. The molecule has 1 aromatic rings. The van der Waals surface area contributed by atoms with Crippen LogP contribution in [-0.4, -0.2) is 16.9 Å². The van der Waals surface area contributed by atoms with Crippen molar-refractivity contribution in [2.45, 2.75) is 5.54 Å². The summed E-state index contributed by atoms with van der Waals surface area (Å²) in [6, 6.07) is 8.47. The smallest absolute Gasteiger partial charge is 1.00 e. The van der Waals surface area contributed by atoms with Crippen molar-refractivity contribution < 1.29 is 24.7 Å². The second-order valence-corrected chi connectivity index (χ2v) is 4.05. The van der Waals surface area contributed by atoms with Crippen molar-refractivity contribution in [3.8, 4) is 0 Å². The predicted octanol–water partition coefficient (Wildman–Crippen LogP) is -0.863. The van der Waals surface area contributed by atoms with Gasteiger partial charge in [0.15, 0.2) is 0 Å². The third kappa shape index (κ3) is 2.15. The summed E-state index contributed by atoms with van der Waals surface area (Å²) >= 11 is 0. The largest absolute Gasteiger partial charge is 1.00 e. The molecule has 0 N–H and O–H groups in total. The SMILES string of the molecule is CO[Si]C1C=Cc2ccccc21.[H-].[Li+]. The Morgan fingerprint density at radius 1 is 1.38 bits per heavy atom. The standard InChI is InChI=1S/C10H10OSi.Li.H/c1-11-12-10-7-6-8-4-2-3-5-9(8)10;;/h2-7,10H,1H3;;/q;+1;-1. The molecule has 0 bridgehead atoms. The molecule has 1 aromatic carbocycles. The molecule has 2 radical (unpaired) electrons. The van der Waals surface area contributed by atoms with Gasteiger partial charge in [0.2, 0.25) is 9.76 Å². The quantitative estimate of drug-likeness (QED) is 0.541. The van der Waals surface area contributed by atoms with Crippen LogP contribution in [0.2, 0.25) is 0 Å². The zero-order valence-electron chi connectivity index (χ0n) is 8.95. The van der Waals surface area contributed by atoms with E-state index in [1.54, 1.807) is 7.11 Å². The Hall–Kier alpha value is -0.266. The molecule has 62 valence electrons. The van der Waals surface area contributed by atoms with Gasteiger partial charge in [-0.25, -0.2) is 0 Å². The maximum atomic E-state index is 5.16. The Balaban J connectivity index is 0.000000845. The molecule has 0 amide bonds. The minimum atomic E-state index is 0. The van der Waals surface area contributed by atoms with Gasteiger partial charge in [0, 0.05) is 12.7 Å². The van der Waals surface area contributed by atoms with Crippen molar-refractivity contribution in [1.29, 1.82) is 0 Å². The summed E-state index contributed by atoms with van der Waals surface area (Å²) in [4.78, 5) is 0. The fraction of sp³-hybridized carbons (Fsp3) is 0.200. The molecular formula is C10H11LiOSi. The van der Waals surface area contributed by atoms with E-state index in [9.17, 15) is 0 Å². The monoisotopic (exact) mass is 182 g/mol. The summed E-state index contributed by atoms with van der Waals surface area (Å²) in [5, 5.41) is 0. The first kappa shape index (κ1) is 10.8. The second kappa shape index (κ2) is 4.83. The second-order valence-electron chi connectivity index (χ2n) is 2.79. The van der Waals surface area contributed by atoms with E-state index in [2.05, 4.69) is 36.4 Å². The molecule has 0 fully saturated rings. The van der Waals surface area contributed by atoms with Crippen LogP contribution in [0, 0.1) is 0 Å². The molecular weight excluding hydrogens is 171 g/mol. The van der Waals surface area contributed by atoms with E-state index < -0.39 is 0 Å². The number of hydrogen-bond acceptors (Lipinski definition) is 1. The van der Waals surface area contributed by atoms with E-state index >= 15 is 0 Å². The summed E-state index contributed by atoms with van der Waals surface area (Å²) < 4.78 is 5.16. The van der Waals surface area contributed by atoms with Crippen molar-refractivity contribution in [3.63, 3.8) is 0 Å². The molecule has 0 aliphatic heterocycles. The summed E-state index contributed by atoms with van der Waals surface area (Å²) in [5.74, 6) is 0. The molecule has 3 heteroatoms. The maximum absolute atomic E-state index is 5.16. The molecule has 1 unspecified atom stereocenters. The Bertz CT molecular complexity index is 317. The first-order valence-electron chi connectivity index (χ1n) is 3.97. The van der Waals surface area contributed by atoms with Crippen LogP contribution in [0.15, 0.2) is 30.3 Å². The van der Waals surface area contributed by atoms with Crippen LogP contribution >= 0.6 is 0 Å². The van der Waals surface area contributed by atoms with Crippen LogP contribution in [0.4, 0.5) is 0 Å². The normalized spacial score (nSPS) is 18.1. The number of hydrogen-bond donors (Lipinski definition) is 0. The summed E-state index contributed by atoms with van der Waals surface area (Å²) in [6.45, 7) is 0. The van der Waals surface area contributed by atoms with Gasteiger partial charge in [0.1, 0.15) is 0 Å². The Morgan fingerprint density at radius 3 is 2.92 bits per heavy atom. The van der Waals surface area contributed by atoms with Gasteiger partial charge in [-0.05, 0) is 11.1 Å². The van der Waals surface area contributed by atoms with Gasteiger partial charge in [-0.2, -0.15) is 0 Å². The van der Waals surface area contributed by atoms with Crippen LogP contribution < -0.4 is 18.9 Å². The average Bonchev–Trinajstić information content (AvgIpc) is 2.50. The molecule has 0 spiro atoms. The summed E-state index contributed by atoms with van der Waals surface area (Å²) in [5.41, 5.74) is 3.23. The molecule has 0 aromatic heterocycles. The van der Waals surface area contributed by atoms with Crippen LogP contribution in [-0.2, 0) is 4.43 Å². The van der Waals surface area contributed by atoms with Gasteiger partial charge < -0.3 is 5.85 Å². The van der Waals surface area contributed by atoms with Crippen LogP contribution in [0.3, 0.4) is 0 Å². The van der Waals surface area contributed by atoms with Crippen LogP contribution in [0.5, 0.6) is 0 Å². The van der Waals surface area contributed by atoms with Crippen molar-refractivity contribution in [2.24, 2.45) is 0 Å². The molecule has 13 heavy (non-hydrogen) atoms. The predicted molar refractivity (Wildman–Crippen MR) is 52.1 cm³/mol. The van der Waals surface area contributed by atoms with E-state index in [0.29, 0.717) is 15.3 Å². The third-order valence-electron chi connectivity index (χ3n) is 2.04. The number of benzene rings is 1. The minimum Gasteiger partial charge on any atom is -1.00 e. The van der Waals surface area contributed by atoms with Gasteiger partial charge in [-0.15, -0.1) is 0 Å². The van der Waals surface area contributed by atoms with Crippen molar-refractivity contribution >= 4 is 15.8 Å². The van der Waals surface area contributed by atoms with Crippen molar-refractivity contribution in [3.05, 3.63) is 41.5 Å². The number of allylic oxidation sites excluding steroid dienone is 1. The molecule has 1 atom stereocenters. The molecule has 2 rings (SSSR count). The van der Waals surface area contributed by atoms with E-state index in [1.807, 2.05) is 0 Å². The molecule has 1 aliphatic carbocycles. The third-order valence-corrected chi connectivity index (χ3v) is 3.04. The van der Waals surface area contributed by atoms with Gasteiger partial charge >= 0.3 is 18.9 Å². The zero-order valence-corrected chi connectivity index (χ0v) is 8.95. The Kier molecular flexibility index (Phi) is 4.02. The van der Waals surface area contributed by atoms with E-state index in [-0.39, 0.29) is 20.3 Å². The maximum Gasteiger partial charge on any atom is 1.00 e. The van der Waals surface area contributed by atoms with Gasteiger partial charge in [0.25, 0.3) is 0 Å². The summed E-state index contributed by atoms with van der Waals surface area (Å²) in [6.07, 6.45) is 4.39. The molecule has 0 saturated heterocycles. The van der Waals surface area contributed by atoms with Gasteiger partial charge in [-0.3, -0.25) is 0 Å². The molecule has 0 heterocycles.